The maximum atomic E-state index is 13.7. The number of carboxylic acid groups (broad SMARTS) is 1. The Kier molecular flexibility index (Phi) is 5.40. The predicted molar refractivity (Wildman–Crippen MR) is 136 cm³/mol. The van der Waals surface area contributed by atoms with Gasteiger partial charge in [0.05, 0.1) is 23.3 Å². The van der Waals surface area contributed by atoms with Gasteiger partial charge in [0.25, 0.3) is 5.56 Å². The first kappa shape index (κ1) is 22.9. The van der Waals surface area contributed by atoms with E-state index in [1.54, 1.807) is 6.20 Å². The zero-order chi connectivity index (χ0) is 24.5. The van der Waals surface area contributed by atoms with Crippen LogP contribution in [0.3, 0.4) is 0 Å². The molecule has 4 saturated carbocycles. The second-order valence-electron chi connectivity index (χ2n) is 11.4. The first-order chi connectivity index (χ1) is 16.8. The second kappa shape index (κ2) is 8.26. The number of piperazine rings is 1. The zero-order valence-electron chi connectivity index (χ0n) is 20.4. The van der Waals surface area contributed by atoms with Crippen LogP contribution in [-0.4, -0.2) is 46.5 Å². The van der Waals surface area contributed by atoms with Crippen LogP contribution >= 0.6 is 11.6 Å². The number of hydrogen-bond donors (Lipinski definition) is 1. The maximum absolute atomic E-state index is 13.7. The molecule has 1 N–H and O–H groups in total. The highest BCUT2D eigenvalue weighted by atomic mass is 35.5. The Morgan fingerprint density at radius 2 is 1.80 bits per heavy atom. The molecule has 0 radical (unpaired) electrons. The van der Waals surface area contributed by atoms with E-state index >= 15 is 0 Å². The summed E-state index contributed by atoms with van der Waals surface area (Å²) in [6, 6.07) is 8.81. The van der Waals surface area contributed by atoms with Crippen LogP contribution in [0.5, 0.6) is 0 Å². The quantitative estimate of drug-likeness (QED) is 0.685. The van der Waals surface area contributed by atoms with E-state index in [2.05, 4.69) is 53.0 Å². The molecule has 4 atom stereocenters. The van der Waals surface area contributed by atoms with Crippen LogP contribution in [-0.2, 0) is 10.3 Å². The molecule has 186 valence electrons. The van der Waals surface area contributed by atoms with Gasteiger partial charge in [0.1, 0.15) is 5.02 Å². The zero-order valence-corrected chi connectivity index (χ0v) is 21.1. The number of halogens is 1. The van der Waals surface area contributed by atoms with Gasteiger partial charge >= 0.3 is 5.97 Å². The summed E-state index contributed by atoms with van der Waals surface area (Å²) in [4.78, 5) is 30.6. The highest BCUT2D eigenvalue weighted by Gasteiger charge is 2.61. The summed E-state index contributed by atoms with van der Waals surface area (Å²) < 4.78 is 1.48. The SMILES string of the molecule is Cc1ccc(N2CCN(c3cnn(C45C[C@@H]6CC(C[C@H](C6)C4)[C@@H]5C(=O)O)c(=O)c3Cl)C[C@H]2C)cc1. The van der Waals surface area contributed by atoms with Gasteiger partial charge in [-0.3, -0.25) is 9.59 Å². The molecule has 1 saturated heterocycles. The molecule has 0 unspecified atom stereocenters. The van der Waals surface area contributed by atoms with Crippen molar-refractivity contribution in [1.82, 2.24) is 9.78 Å². The number of nitrogens with zero attached hydrogens (tertiary/aromatic N) is 4. The van der Waals surface area contributed by atoms with Crippen LogP contribution in [0.2, 0.25) is 5.02 Å². The molecular weight excluding hydrogens is 464 g/mol. The van der Waals surface area contributed by atoms with Crippen LogP contribution in [0.1, 0.15) is 44.6 Å². The lowest BCUT2D eigenvalue weighted by molar-refractivity contribution is -0.168. The third-order valence-corrected chi connectivity index (χ3v) is 9.55. The molecule has 1 aromatic carbocycles. The molecular formula is C27H33ClN4O3. The number of aryl methyl sites for hydroxylation is 1. The van der Waals surface area contributed by atoms with Gasteiger partial charge in [-0.15, -0.1) is 0 Å². The van der Waals surface area contributed by atoms with Crippen molar-refractivity contribution in [2.45, 2.75) is 57.5 Å². The van der Waals surface area contributed by atoms with Gasteiger partial charge in [-0.2, -0.15) is 5.10 Å². The number of carboxylic acids is 1. The van der Waals surface area contributed by atoms with E-state index in [9.17, 15) is 14.7 Å². The van der Waals surface area contributed by atoms with Crippen LogP contribution < -0.4 is 15.4 Å². The minimum Gasteiger partial charge on any atom is -0.481 e. The standard InChI is InChI=1S/C27H33ClN4O3/c1-16-3-5-21(6-4-16)31-8-7-30(15-17(31)2)22-14-29-32(25(33)24(22)28)27-12-18-9-19(13-27)11-20(10-18)23(27)26(34)35/h3-6,14,17-20,23H,7-13,15H2,1-2H3,(H,34,35)/t17-,18+,19+,20?,23-,27?/m1/s1. The predicted octanol–water partition coefficient (Wildman–Crippen LogP) is 4.16. The maximum Gasteiger partial charge on any atom is 0.309 e. The highest BCUT2D eigenvalue weighted by molar-refractivity contribution is 6.33. The first-order valence-electron chi connectivity index (χ1n) is 12.9. The summed E-state index contributed by atoms with van der Waals surface area (Å²) in [6.45, 7) is 6.55. The van der Waals surface area contributed by atoms with E-state index < -0.39 is 17.4 Å². The van der Waals surface area contributed by atoms with Crippen molar-refractivity contribution in [3.8, 4) is 0 Å². The van der Waals surface area contributed by atoms with Gasteiger partial charge in [0.15, 0.2) is 0 Å². The molecule has 4 aliphatic carbocycles. The Balaban J connectivity index is 1.29. The number of aromatic nitrogens is 2. The first-order valence-corrected chi connectivity index (χ1v) is 13.2. The molecule has 7 nitrogen and oxygen atoms in total. The van der Waals surface area contributed by atoms with Gasteiger partial charge in [-0.1, -0.05) is 29.3 Å². The minimum absolute atomic E-state index is 0.126. The number of anilines is 2. The average molecular weight is 497 g/mol. The largest absolute Gasteiger partial charge is 0.481 e. The summed E-state index contributed by atoms with van der Waals surface area (Å²) in [7, 11) is 0. The topological polar surface area (TPSA) is 78.7 Å². The van der Waals surface area contributed by atoms with Crippen molar-refractivity contribution in [3.05, 3.63) is 51.4 Å². The van der Waals surface area contributed by atoms with Gasteiger partial charge in [-0.05, 0) is 75.8 Å². The fourth-order valence-corrected chi connectivity index (χ4v) is 8.24. The van der Waals surface area contributed by atoms with Gasteiger partial charge in [0.2, 0.25) is 0 Å². The van der Waals surface area contributed by atoms with Crippen molar-refractivity contribution in [2.24, 2.45) is 23.7 Å². The molecule has 0 amide bonds. The molecule has 1 aliphatic heterocycles. The normalized spacial score (nSPS) is 33.9. The Bertz CT molecular complexity index is 1200. The molecule has 8 heteroatoms. The number of benzene rings is 1. The number of hydrogen-bond acceptors (Lipinski definition) is 5. The number of carbonyl (C=O) groups is 1. The third-order valence-electron chi connectivity index (χ3n) is 9.20. The van der Waals surface area contributed by atoms with E-state index in [0.717, 1.165) is 38.9 Å². The fraction of sp³-hybridized carbons (Fsp3) is 0.593. The Morgan fingerprint density at radius 1 is 1.11 bits per heavy atom. The number of rotatable bonds is 4. The van der Waals surface area contributed by atoms with Crippen molar-refractivity contribution >= 4 is 28.9 Å². The second-order valence-corrected chi connectivity index (χ2v) is 11.8. The molecule has 7 rings (SSSR count). The fourth-order valence-electron chi connectivity index (χ4n) is 7.99. The van der Waals surface area contributed by atoms with E-state index in [1.165, 1.54) is 15.9 Å². The van der Waals surface area contributed by atoms with Crippen molar-refractivity contribution in [1.29, 1.82) is 0 Å². The van der Waals surface area contributed by atoms with E-state index in [4.69, 9.17) is 11.6 Å². The van der Waals surface area contributed by atoms with Gasteiger partial charge in [-0.25, -0.2) is 4.68 Å². The van der Waals surface area contributed by atoms with Crippen LogP contribution in [0.15, 0.2) is 35.3 Å². The number of aliphatic carboxylic acids is 1. The van der Waals surface area contributed by atoms with Crippen molar-refractivity contribution in [2.75, 3.05) is 29.4 Å². The van der Waals surface area contributed by atoms with Gasteiger partial charge < -0.3 is 14.9 Å². The summed E-state index contributed by atoms with van der Waals surface area (Å²) in [6.07, 6.45) is 6.19. The molecule has 35 heavy (non-hydrogen) atoms. The molecule has 5 aliphatic rings. The van der Waals surface area contributed by atoms with Crippen LogP contribution in [0, 0.1) is 30.6 Å². The summed E-state index contributed by atoms with van der Waals surface area (Å²) in [5, 5.41) is 15.0. The lowest BCUT2D eigenvalue weighted by atomic mass is 9.48. The molecule has 2 heterocycles. The van der Waals surface area contributed by atoms with Crippen molar-refractivity contribution < 1.29 is 9.90 Å². The Labute approximate surface area is 210 Å². The molecule has 4 bridgehead atoms. The summed E-state index contributed by atoms with van der Waals surface area (Å²) in [5.74, 6) is -0.289. The third kappa shape index (κ3) is 3.57. The Hall–Kier alpha value is -2.54. The highest BCUT2D eigenvalue weighted by Crippen LogP contribution is 2.61. The van der Waals surface area contributed by atoms with Crippen LogP contribution in [0.25, 0.3) is 0 Å². The minimum atomic E-state index is -0.802. The van der Waals surface area contributed by atoms with Gasteiger partial charge in [0, 0.05) is 31.4 Å². The summed E-state index contributed by atoms with van der Waals surface area (Å²) >= 11 is 6.74. The lowest BCUT2D eigenvalue weighted by Gasteiger charge is -2.59. The summed E-state index contributed by atoms with van der Waals surface area (Å²) in [5.41, 5.74) is 1.99. The monoisotopic (exact) mass is 496 g/mol. The van der Waals surface area contributed by atoms with Crippen LogP contribution in [0.4, 0.5) is 11.4 Å². The van der Waals surface area contributed by atoms with E-state index in [1.807, 2.05) is 0 Å². The average Bonchev–Trinajstić information content (AvgIpc) is 2.80. The molecule has 5 fully saturated rings. The Morgan fingerprint density at radius 3 is 2.43 bits per heavy atom. The smallest absolute Gasteiger partial charge is 0.309 e. The van der Waals surface area contributed by atoms with E-state index in [-0.39, 0.29) is 22.5 Å². The van der Waals surface area contributed by atoms with E-state index in [0.29, 0.717) is 30.4 Å². The molecule has 1 aromatic heterocycles. The lowest BCUT2D eigenvalue weighted by Crippen LogP contribution is -2.63. The van der Waals surface area contributed by atoms with Crippen molar-refractivity contribution in [3.63, 3.8) is 0 Å². The molecule has 2 aromatic rings. The molecule has 0 spiro atoms.